The van der Waals surface area contributed by atoms with Crippen LogP contribution in [0.5, 0.6) is 0 Å². The van der Waals surface area contributed by atoms with Gasteiger partial charge in [0.05, 0.1) is 11.5 Å². The fourth-order valence-electron chi connectivity index (χ4n) is 4.01. The largest absolute Gasteiger partial charge is 0.388 e. The van der Waals surface area contributed by atoms with Gasteiger partial charge in [0, 0.05) is 19.1 Å². The van der Waals surface area contributed by atoms with E-state index in [0.29, 0.717) is 12.0 Å². The van der Waals surface area contributed by atoms with Gasteiger partial charge in [-0.05, 0) is 63.3 Å². The first-order valence-electron chi connectivity index (χ1n) is 8.95. The van der Waals surface area contributed by atoms with E-state index in [2.05, 4.69) is 5.32 Å². The van der Waals surface area contributed by atoms with Gasteiger partial charge >= 0.3 is 0 Å². The second-order valence-electron chi connectivity index (χ2n) is 7.44. The lowest BCUT2D eigenvalue weighted by Crippen LogP contribution is -2.51. The molecule has 3 rings (SSSR count). The molecule has 0 aromatic heterocycles. The summed E-state index contributed by atoms with van der Waals surface area (Å²) >= 11 is 0. The molecule has 2 aliphatic heterocycles. The summed E-state index contributed by atoms with van der Waals surface area (Å²) in [6.07, 6.45) is 3.70. The summed E-state index contributed by atoms with van der Waals surface area (Å²) in [4.78, 5) is 15.0. The molecule has 6 heteroatoms. The molecule has 4 nitrogen and oxygen atoms in total. The van der Waals surface area contributed by atoms with Crippen molar-refractivity contribution in [1.29, 1.82) is 0 Å². The molecule has 140 valence electrons. The summed E-state index contributed by atoms with van der Waals surface area (Å²) in [7, 11) is 0. The van der Waals surface area contributed by atoms with Gasteiger partial charge in [0.25, 0.3) is 0 Å². The molecule has 25 heavy (non-hydrogen) atoms. The molecular weight excluding hydrogens is 343 g/mol. The maximum absolute atomic E-state index is 13.0. The number of amides is 1. The van der Waals surface area contributed by atoms with Crippen molar-refractivity contribution in [3.63, 3.8) is 0 Å². The Morgan fingerprint density at radius 1 is 1.40 bits per heavy atom. The zero-order valence-electron chi connectivity index (χ0n) is 14.7. The van der Waals surface area contributed by atoms with Crippen LogP contribution in [-0.2, 0) is 4.79 Å². The Morgan fingerprint density at radius 3 is 2.76 bits per heavy atom. The molecule has 0 aliphatic carbocycles. The third-order valence-corrected chi connectivity index (χ3v) is 5.50. The van der Waals surface area contributed by atoms with Crippen molar-refractivity contribution >= 4 is 18.3 Å². The molecule has 2 fully saturated rings. The number of piperidine rings is 1. The van der Waals surface area contributed by atoms with Crippen molar-refractivity contribution in [3.8, 4) is 0 Å². The van der Waals surface area contributed by atoms with Gasteiger partial charge in [-0.1, -0.05) is 12.1 Å². The minimum atomic E-state index is -0.665. The molecule has 3 unspecified atom stereocenters. The standard InChI is InChI=1S/C19H27FN2O2.ClH/c1-19(9-3-10-21-13-19)18(24)22-11-2-4-16(22)12-17(23)14-5-7-15(20)8-6-14;/h5-8,16-17,21,23H,2-4,9-13H2,1H3;1H. The summed E-state index contributed by atoms with van der Waals surface area (Å²) in [5, 5.41) is 13.8. The SMILES string of the molecule is CC1(C(=O)N2CCCC2CC(O)c2ccc(F)cc2)CCCNC1.Cl. The zero-order valence-corrected chi connectivity index (χ0v) is 15.5. The number of hydrogen-bond acceptors (Lipinski definition) is 3. The van der Waals surface area contributed by atoms with Crippen molar-refractivity contribution in [2.24, 2.45) is 5.41 Å². The Morgan fingerprint density at radius 2 is 2.12 bits per heavy atom. The predicted molar refractivity (Wildman–Crippen MR) is 98.2 cm³/mol. The van der Waals surface area contributed by atoms with E-state index in [9.17, 15) is 14.3 Å². The van der Waals surface area contributed by atoms with Crippen LogP contribution in [0.1, 0.15) is 50.7 Å². The normalized spacial score (nSPS) is 27.6. The molecule has 0 spiro atoms. The Balaban J connectivity index is 0.00000225. The first-order chi connectivity index (χ1) is 11.5. The summed E-state index contributed by atoms with van der Waals surface area (Å²) in [5.74, 6) is -0.0927. The molecule has 0 radical (unpaired) electrons. The number of likely N-dealkylation sites (tertiary alicyclic amines) is 1. The molecule has 1 aromatic carbocycles. The smallest absolute Gasteiger partial charge is 0.230 e. The molecule has 0 bridgehead atoms. The van der Waals surface area contributed by atoms with Crippen LogP contribution in [0.4, 0.5) is 4.39 Å². The van der Waals surface area contributed by atoms with Crippen molar-refractivity contribution < 1.29 is 14.3 Å². The summed E-state index contributed by atoms with van der Waals surface area (Å²) in [6, 6.07) is 6.03. The van der Waals surface area contributed by atoms with Gasteiger partial charge in [0.15, 0.2) is 0 Å². The van der Waals surface area contributed by atoms with E-state index in [-0.39, 0.29) is 35.6 Å². The van der Waals surface area contributed by atoms with Gasteiger partial charge in [0.1, 0.15) is 5.82 Å². The van der Waals surface area contributed by atoms with Gasteiger partial charge in [-0.15, -0.1) is 12.4 Å². The lowest BCUT2D eigenvalue weighted by molar-refractivity contribution is -0.143. The second kappa shape index (κ2) is 8.47. The predicted octanol–water partition coefficient (Wildman–Crippen LogP) is 3.05. The van der Waals surface area contributed by atoms with Crippen LogP contribution in [0.25, 0.3) is 0 Å². The van der Waals surface area contributed by atoms with Gasteiger partial charge in [0.2, 0.25) is 5.91 Å². The molecule has 2 saturated heterocycles. The Kier molecular flexibility index (Phi) is 6.83. The minimum Gasteiger partial charge on any atom is -0.388 e. The quantitative estimate of drug-likeness (QED) is 0.856. The van der Waals surface area contributed by atoms with Crippen LogP contribution in [0.2, 0.25) is 0 Å². The maximum Gasteiger partial charge on any atom is 0.230 e. The highest BCUT2D eigenvalue weighted by Gasteiger charge is 2.41. The summed E-state index contributed by atoms with van der Waals surface area (Å²) in [6.45, 7) is 4.54. The average Bonchev–Trinajstić information content (AvgIpc) is 3.03. The number of carbonyl (C=O) groups is 1. The van der Waals surface area contributed by atoms with Gasteiger partial charge in [-0.3, -0.25) is 4.79 Å². The van der Waals surface area contributed by atoms with Gasteiger partial charge < -0.3 is 15.3 Å². The van der Waals surface area contributed by atoms with Crippen LogP contribution >= 0.6 is 12.4 Å². The molecule has 2 heterocycles. The maximum atomic E-state index is 13.0. The molecule has 0 saturated carbocycles. The third-order valence-electron chi connectivity index (χ3n) is 5.50. The average molecular weight is 371 g/mol. The number of aliphatic hydroxyl groups is 1. The number of hydrogen-bond donors (Lipinski definition) is 2. The van der Waals surface area contributed by atoms with Crippen molar-refractivity contribution in [3.05, 3.63) is 35.6 Å². The lowest BCUT2D eigenvalue weighted by atomic mass is 9.81. The number of nitrogens with zero attached hydrogens (tertiary/aromatic N) is 1. The van der Waals surface area contributed by atoms with E-state index in [1.165, 1.54) is 12.1 Å². The van der Waals surface area contributed by atoms with Crippen LogP contribution in [0.3, 0.4) is 0 Å². The Bertz CT molecular complexity index is 575. The zero-order chi connectivity index (χ0) is 17.2. The number of rotatable bonds is 4. The van der Waals surface area contributed by atoms with Crippen molar-refractivity contribution in [2.75, 3.05) is 19.6 Å². The number of halogens is 2. The highest BCUT2D eigenvalue weighted by atomic mass is 35.5. The molecule has 2 N–H and O–H groups in total. The van der Waals surface area contributed by atoms with E-state index in [4.69, 9.17) is 0 Å². The molecule has 1 aromatic rings. The topological polar surface area (TPSA) is 52.6 Å². The molecule has 2 aliphatic rings. The first-order valence-corrected chi connectivity index (χ1v) is 8.95. The van der Waals surface area contributed by atoms with E-state index < -0.39 is 6.10 Å². The van der Waals surface area contributed by atoms with E-state index >= 15 is 0 Å². The highest BCUT2D eigenvalue weighted by molar-refractivity contribution is 5.85. The lowest BCUT2D eigenvalue weighted by Gasteiger charge is -2.38. The fourth-order valence-corrected chi connectivity index (χ4v) is 4.01. The summed E-state index contributed by atoms with van der Waals surface area (Å²) < 4.78 is 13.0. The van der Waals surface area contributed by atoms with Crippen LogP contribution in [-0.4, -0.2) is 41.6 Å². The number of aliphatic hydroxyl groups excluding tert-OH is 1. The Hall–Kier alpha value is -1.17. The fraction of sp³-hybridized carbons (Fsp3) is 0.632. The van der Waals surface area contributed by atoms with Gasteiger partial charge in [-0.25, -0.2) is 4.39 Å². The second-order valence-corrected chi connectivity index (χ2v) is 7.44. The summed E-state index contributed by atoms with van der Waals surface area (Å²) in [5.41, 5.74) is 0.378. The Labute approximate surface area is 155 Å². The number of benzene rings is 1. The molecular formula is C19H28ClFN2O2. The van der Waals surface area contributed by atoms with Crippen LogP contribution in [0.15, 0.2) is 24.3 Å². The number of nitrogens with one attached hydrogen (secondary N) is 1. The van der Waals surface area contributed by atoms with Crippen molar-refractivity contribution in [1.82, 2.24) is 10.2 Å². The molecule has 1 amide bonds. The molecule has 3 atom stereocenters. The van der Waals surface area contributed by atoms with Crippen LogP contribution in [0, 0.1) is 11.2 Å². The van der Waals surface area contributed by atoms with E-state index in [0.717, 1.165) is 45.3 Å². The minimum absolute atomic E-state index is 0. The van der Waals surface area contributed by atoms with E-state index in [1.807, 2.05) is 11.8 Å². The van der Waals surface area contributed by atoms with Crippen molar-refractivity contribution in [2.45, 2.75) is 51.2 Å². The highest BCUT2D eigenvalue weighted by Crippen LogP contribution is 2.34. The first kappa shape index (κ1) is 20.1. The van der Waals surface area contributed by atoms with E-state index in [1.54, 1.807) is 12.1 Å². The number of carbonyl (C=O) groups excluding carboxylic acids is 1. The monoisotopic (exact) mass is 370 g/mol. The van der Waals surface area contributed by atoms with Crippen LogP contribution < -0.4 is 5.32 Å². The van der Waals surface area contributed by atoms with Gasteiger partial charge in [-0.2, -0.15) is 0 Å². The third kappa shape index (κ3) is 4.52.